The van der Waals surface area contributed by atoms with Crippen molar-refractivity contribution in [2.75, 3.05) is 18.5 Å². The van der Waals surface area contributed by atoms with Gasteiger partial charge in [-0.25, -0.2) is 17.5 Å². The molecule has 7 nitrogen and oxygen atoms in total. The SMILES string of the molecule is BC(B)(B)Oc1ccc(S(=O)(=O)N[C@H]2CCOC2)cc1C(=O)Nc1ccc(F)c(C)c1. The van der Waals surface area contributed by atoms with Crippen molar-refractivity contribution in [3.05, 3.63) is 53.3 Å². The van der Waals surface area contributed by atoms with Gasteiger partial charge in [-0.3, -0.25) is 4.79 Å². The summed E-state index contributed by atoms with van der Waals surface area (Å²) in [6.45, 7) is 2.39. The van der Waals surface area contributed by atoms with Crippen molar-refractivity contribution in [2.24, 2.45) is 0 Å². The van der Waals surface area contributed by atoms with E-state index in [9.17, 15) is 17.6 Å². The minimum absolute atomic E-state index is 0.0545. The van der Waals surface area contributed by atoms with Crippen molar-refractivity contribution < 1.29 is 27.1 Å². The molecule has 0 bridgehead atoms. The molecule has 1 saturated heterocycles. The average molecular weight is 444 g/mol. The van der Waals surface area contributed by atoms with Crippen LogP contribution in [0.15, 0.2) is 41.3 Å². The molecule has 2 aromatic carbocycles. The first kappa shape index (κ1) is 23.4. The van der Waals surface area contributed by atoms with Crippen molar-refractivity contribution in [3.8, 4) is 5.75 Å². The second-order valence-electron chi connectivity index (χ2n) is 8.47. The number of aryl methyl sites for hydroxylation is 1. The van der Waals surface area contributed by atoms with Gasteiger partial charge in [-0.15, -0.1) is 0 Å². The molecule has 0 spiro atoms. The van der Waals surface area contributed by atoms with E-state index in [4.69, 9.17) is 9.47 Å². The molecule has 2 aromatic rings. The molecule has 3 rings (SSSR count). The lowest BCUT2D eigenvalue weighted by atomic mass is 9.52. The monoisotopic (exact) mass is 444 g/mol. The van der Waals surface area contributed by atoms with Crippen LogP contribution in [-0.4, -0.2) is 62.4 Å². The van der Waals surface area contributed by atoms with Crippen LogP contribution in [0.5, 0.6) is 5.75 Å². The summed E-state index contributed by atoms with van der Waals surface area (Å²) in [5.74, 6) is -0.705. The first-order valence-electron chi connectivity index (χ1n) is 9.95. The number of amides is 1. The second-order valence-corrected chi connectivity index (χ2v) is 10.2. The number of anilines is 1. The summed E-state index contributed by atoms with van der Waals surface area (Å²) in [6, 6.07) is 8.03. The van der Waals surface area contributed by atoms with Gasteiger partial charge in [-0.05, 0) is 55.3 Å². The van der Waals surface area contributed by atoms with Crippen LogP contribution in [0, 0.1) is 12.7 Å². The molecule has 1 aliphatic rings. The lowest BCUT2D eigenvalue weighted by Crippen LogP contribution is -2.38. The number of nitrogens with one attached hydrogen (secondary N) is 2. The Hall–Kier alpha value is -2.30. The van der Waals surface area contributed by atoms with Crippen molar-refractivity contribution in [1.82, 2.24) is 4.72 Å². The van der Waals surface area contributed by atoms with Crippen LogP contribution in [0.4, 0.5) is 10.1 Å². The average Bonchev–Trinajstić information content (AvgIpc) is 3.16. The van der Waals surface area contributed by atoms with E-state index in [1.165, 1.54) is 36.4 Å². The van der Waals surface area contributed by atoms with Crippen molar-refractivity contribution in [1.29, 1.82) is 0 Å². The third-order valence-electron chi connectivity index (χ3n) is 4.59. The maximum Gasteiger partial charge on any atom is 0.259 e. The van der Waals surface area contributed by atoms with E-state index < -0.39 is 21.2 Å². The van der Waals surface area contributed by atoms with Crippen LogP contribution in [0.2, 0.25) is 0 Å². The Bertz CT molecular complexity index is 1090. The Balaban J connectivity index is 1.94. The molecule has 2 N–H and O–H groups in total. The van der Waals surface area contributed by atoms with E-state index in [1.807, 2.05) is 23.5 Å². The fourth-order valence-electron chi connectivity index (χ4n) is 3.11. The van der Waals surface area contributed by atoms with E-state index in [2.05, 4.69) is 10.0 Å². The predicted octanol–water partition coefficient (Wildman–Crippen LogP) is -0.657. The van der Waals surface area contributed by atoms with E-state index in [1.54, 1.807) is 6.92 Å². The number of carbonyl (C=O) groups excluding carboxylic acids is 1. The summed E-state index contributed by atoms with van der Waals surface area (Å²) in [5, 5.41) is 2.07. The molecule has 1 aliphatic heterocycles. The molecule has 1 atom stereocenters. The fourth-order valence-corrected chi connectivity index (χ4v) is 4.39. The van der Waals surface area contributed by atoms with Gasteiger partial charge in [-0.2, -0.15) is 0 Å². The van der Waals surface area contributed by atoms with E-state index in [0.29, 0.717) is 30.9 Å². The number of halogens is 1. The van der Waals surface area contributed by atoms with Gasteiger partial charge in [0.15, 0.2) is 0 Å². The lowest BCUT2D eigenvalue weighted by Gasteiger charge is -2.24. The summed E-state index contributed by atoms with van der Waals surface area (Å²) in [4.78, 5) is 13.0. The molecule has 0 saturated carbocycles. The number of ether oxygens (including phenoxy) is 2. The fraction of sp³-hybridized carbons (Fsp3) is 0.316. The number of benzene rings is 2. The standard InChI is InChI=1S/C19H24B3FN2O5S/c1-11-8-12(2-4-16(11)23)24-18(26)15-9-14(3-5-17(15)30-19(20,21)22)31(27,28)25-13-6-7-29-10-13/h2-5,8-9,13,25H,6-7,10,20-22H2,1H3,(H,24,26)/t13-/m0/s1. The minimum atomic E-state index is -3.86. The second kappa shape index (κ2) is 9.06. The van der Waals surface area contributed by atoms with Crippen LogP contribution in [-0.2, 0) is 14.8 Å². The maximum atomic E-state index is 13.5. The minimum Gasteiger partial charge on any atom is -0.513 e. The van der Waals surface area contributed by atoms with Crippen LogP contribution in [0.25, 0.3) is 0 Å². The number of rotatable bonds is 7. The normalized spacial score (nSPS) is 16.8. The first-order valence-corrected chi connectivity index (χ1v) is 11.4. The molecule has 1 heterocycles. The molecule has 0 unspecified atom stereocenters. The van der Waals surface area contributed by atoms with Gasteiger partial charge in [0.25, 0.3) is 5.91 Å². The largest absolute Gasteiger partial charge is 0.513 e. The highest BCUT2D eigenvalue weighted by molar-refractivity contribution is 7.89. The van der Waals surface area contributed by atoms with Gasteiger partial charge in [-0.1, -0.05) is 0 Å². The highest BCUT2D eigenvalue weighted by atomic mass is 32.2. The molecule has 1 amide bonds. The van der Waals surface area contributed by atoms with Crippen LogP contribution >= 0.6 is 0 Å². The van der Waals surface area contributed by atoms with Crippen molar-refractivity contribution >= 4 is 45.2 Å². The Morgan fingerprint density at radius 2 is 1.97 bits per heavy atom. The molecule has 0 aromatic heterocycles. The third-order valence-corrected chi connectivity index (χ3v) is 6.11. The van der Waals surface area contributed by atoms with Crippen LogP contribution in [0.3, 0.4) is 0 Å². The zero-order valence-corrected chi connectivity index (χ0v) is 18.8. The summed E-state index contributed by atoms with van der Waals surface area (Å²) >= 11 is 0. The van der Waals surface area contributed by atoms with Gasteiger partial charge in [0.2, 0.25) is 10.0 Å². The summed E-state index contributed by atoms with van der Waals surface area (Å²) in [5.41, 5.74) is 0.825. The Labute approximate surface area is 184 Å². The van der Waals surface area contributed by atoms with Gasteiger partial charge < -0.3 is 14.8 Å². The van der Waals surface area contributed by atoms with E-state index in [-0.39, 0.29) is 28.1 Å². The summed E-state index contributed by atoms with van der Waals surface area (Å²) < 4.78 is 52.9. The number of hydrogen-bond acceptors (Lipinski definition) is 5. The van der Waals surface area contributed by atoms with Gasteiger partial charge in [0, 0.05) is 23.6 Å². The Morgan fingerprint density at radius 3 is 2.58 bits per heavy atom. The molecule has 162 valence electrons. The Morgan fingerprint density at radius 1 is 1.23 bits per heavy atom. The van der Waals surface area contributed by atoms with Gasteiger partial charge >= 0.3 is 0 Å². The quantitative estimate of drug-likeness (QED) is 0.554. The molecule has 31 heavy (non-hydrogen) atoms. The molecular formula is C19H24B3FN2O5S. The highest BCUT2D eigenvalue weighted by Gasteiger charge is 2.26. The summed E-state index contributed by atoms with van der Waals surface area (Å²) in [6.07, 6.45) is 0.585. The maximum absolute atomic E-state index is 13.5. The van der Waals surface area contributed by atoms with E-state index in [0.717, 1.165) is 0 Å². The molecule has 1 fully saturated rings. The zero-order valence-electron chi connectivity index (χ0n) is 18.0. The van der Waals surface area contributed by atoms with Gasteiger partial charge in [0.1, 0.15) is 35.1 Å². The molecule has 12 heteroatoms. The number of carbonyl (C=O) groups is 1. The van der Waals surface area contributed by atoms with Crippen LogP contribution in [0.1, 0.15) is 22.3 Å². The number of hydrogen-bond donors (Lipinski definition) is 2. The van der Waals surface area contributed by atoms with Gasteiger partial charge in [0.05, 0.1) is 17.1 Å². The molecule has 0 aliphatic carbocycles. The lowest BCUT2D eigenvalue weighted by molar-refractivity contribution is 0.102. The molecular weight excluding hydrogens is 420 g/mol. The van der Waals surface area contributed by atoms with E-state index >= 15 is 0 Å². The van der Waals surface area contributed by atoms with Crippen LogP contribution < -0.4 is 14.8 Å². The smallest absolute Gasteiger partial charge is 0.259 e. The zero-order chi connectivity index (χ0) is 22.8. The predicted molar refractivity (Wildman–Crippen MR) is 124 cm³/mol. The third kappa shape index (κ3) is 6.12. The number of sulfonamides is 1. The van der Waals surface area contributed by atoms with Crippen molar-refractivity contribution in [2.45, 2.75) is 29.6 Å². The highest BCUT2D eigenvalue weighted by Crippen LogP contribution is 2.26. The summed E-state index contributed by atoms with van der Waals surface area (Å²) in [7, 11) is 1.61. The Kier molecular flexibility index (Phi) is 6.83. The first-order chi connectivity index (χ1) is 14.4. The molecule has 0 radical (unpaired) electrons. The van der Waals surface area contributed by atoms with Crippen molar-refractivity contribution in [3.63, 3.8) is 0 Å². The topological polar surface area (TPSA) is 93.7 Å².